The number of hydrogen-bond donors (Lipinski definition) is 1. The van der Waals surface area contributed by atoms with Crippen molar-refractivity contribution in [2.45, 2.75) is 33.0 Å². The Kier molecular flexibility index (Phi) is 5.08. The average Bonchev–Trinajstić information content (AvgIpc) is 2.40. The van der Waals surface area contributed by atoms with Crippen LogP contribution in [0.3, 0.4) is 0 Å². The maximum Gasteiger partial charge on any atom is 0.410 e. The highest BCUT2D eigenvalue weighted by molar-refractivity contribution is 5.69. The summed E-state index contributed by atoms with van der Waals surface area (Å²) >= 11 is 0. The van der Waals surface area contributed by atoms with E-state index in [1.807, 2.05) is 51.1 Å². The van der Waals surface area contributed by atoms with Gasteiger partial charge < -0.3 is 19.5 Å². The van der Waals surface area contributed by atoms with Crippen molar-refractivity contribution in [1.82, 2.24) is 4.90 Å². The topological polar surface area (TPSA) is 59.0 Å². The van der Waals surface area contributed by atoms with Crippen LogP contribution in [0.25, 0.3) is 0 Å². The number of nitrogens with zero attached hydrogens (tertiary/aromatic N) is 1. The summed E-state index contributed by atoms with van der Waals surface area (Å²) in [6.45, 7) is 7.39. The van der Waals surface area contributed by atoms with Gasteiger partial charge in [0, 0.05) is 13.1 Å². The van der Waals surface area contributed by atoms with Crippen LogP contribution in [0.5, 0.6) is 0 Å². The number of hydrogen-bond acceptors (Lipinski definition) is 4. The number of carbonyl (C=O) groups is 1. The zero-order chi connectivity index (χ0) is 16.2. The molecule has 0 bridgehead atoms. The molecule has 122 valence electrons. The van der Waals surface area contributed by atoms with E-state index in [1.54, 1.807) is 4.90 Å². The molecule has 0 radical (unpaired) electrons. The number of amides is 1. The van der Waals surface area contributed by atoms with Crippen molar-refractivity contribution in [2.24, 2.45) is 5.41 Å². The van der Waals surface area contributed by atoms with Gasteiger partial charge in [0.25, 0.3) is 0 Å². The quantitative estimate of drug-likeness (QED) is 0.907. The summed E-state index contributed by atoms with van der Waals surface area (Å²) < 4.78 is 11.0. The molecule has 1 aromatic carbocycles. The van der Waals surface area contributed by atoms with Crippen molar-refractivity contribution in [3.8, 4) is 0 Å². The van der Waals surface area contributed by atoms with E-state index < -0.39 is 5.60 Å². The largest absolute Gasteiger partial charge is 0.444 e. The van der Waals surface area contributed by atoms with Crippen LogP contribution in [0, 0.1) is 5.41 Å². The van der Waals surface area contributed by atoms with Crippen LogP contribution >= 0.6 is 0 Å². The average molecular weight is 307 g/mol. The van der Waals surface area contributed by atoms with E-state index in [4.69, 9.17) is 9.47 Å². The Morgan fingerprint density at radius 2 is 1.91 bits per heavy atom. The fraction of sp³-hybridized carbons (Fsp3) is 0.588. The molecule has 1 heterocycles. The molecule has 0 aromatic heterocycles. The second kappa shape index (κ2) is 6.67. The summed E-state index contributed by atoms with van der Waals surface area (Å²) in [6.07, 6.45) is -0.334. The van der Waals surface area contributed by atoms with E-state index in [0.717, 1.165) is 5.56 Å². The minimum Gasteiger partial charge on any atom is -0.444 e. The third kappa shape index (κ3) is 4.45. The van der Waals surface area contributed by atoms with E-state index in [1.165, 1.54) is 0 Å². The molecular formula is C17H25NO4. The molecule has 1 saturated heterocycles. The number of aliphatic hydroxyl groups is 1. The minimum atomic E-state index is -0.502. The molecule has 22 heavy (non-hydrogen) atoms. The van der Waals surface area contributed by atoms with Crippen molar-refractivity contribution >= 4 is 6.09 Å². The Morgan fingerprint density at radius 3 is 2.45 bits per heavy atom. The normalized spacial score (nSPS) is 17.0. The van der Waals surface area contributed by atoms with Crippen LogP contribution in [-0.4, -0.2) is 48.0 Å². The first-order valence-electron chi connectivity index (χ1n) is 7.54. The lowest BCUT2D eigenvalue weighted by Crippen LogP contribution is -2.62. The fourth-order valence-corrected chi connectivity index (χ4v) is 2.42. The summed E-state index contributed by atoms with van der Waals surface area (Å²) in [6, 6.07) is 9.89. The van der Waals surface area contributed by atoms with E-state index in [-0.39, 0.29) is 18.1 Å². The molecule has 1 aromatic rings. The lowest BCUT2D eigenvalue weighted by Gasteiger charge is -2.48. The summed E-state index contributed by atoms with van der Waals surface area (Å²) in [4.78, 5) is 13.5. The number of rotatable bonds is 5. The minimum absolute atomic E-state index is 0.00108. The van der Waals surface area contributed by atoms with Gasteiger partial charge >= 0.3 is 6.09 Å². The van der Waals surface area contributed by atoms with Crippen molar-refractivity contribution in [1.29, 1.82) is 0 Å². The maximum atomic E-state index is 11.9. The number of aliphatic hydroxyl groups excluding tert-OH is 1. The van der Waals surface area contributed by atoms with Gasteiger partial charge in [-0.3, -0.25) is 0 Å². The molecule has 1 aliphatic heterocycles. The maximum absolute atomic E-state index is 11.9. The number of benzene rings is 1. The first kappa shape index (κ1) is 16.8. The fourth-order valence-electron chi connectivity index (χ4n) is 2.42. The number of likely N-dealkylation sites (tertiary alicyclic amines) is 1. The predicted molar refractivity (Wildman–Crippen MR) is 83.4 cm³/mol. The molecule has 0 atom stereocenters. The standard InChI is InChI=1S/C17H25NO4/c1-16(2,3)22-15(20)18-10-17(11-18,12-19)13-21-9-14-7-5-4-6-8-14/h4-8,19H,9-13H2,1-3H3. The summed E-state index contributed by atoms with van der Waals surface area (Å²) in [7, 11) is 0. The lowest BCUT2D eigenvalue weighted by atomic mass is 9.82. The zero-order valence-corrected chi connectivity index (χ0v) is 13.5. The van der Waals surface area contributed by atoms with Gasteiger partial charge in [-0.1, -0.05) is 30.3 Å². The van der Waals surface area contributed by atoms with Gasteiger partial charge in [-0.25, -0.2) is 4.79 Å². The molecule has 0 spiro atoms. The van der Waals surface area contributed by atoms with Gasteiger partial charge in [0.1, 0.15) is 5.60 Å². The monoisotopic (exact) mass is 307 g/mol. The van der Waals surface area contributed by atoms with Crippen molar-refractivity contribution in [3.63, 3.8) is 0 Å². The first-order valence-corrected chi connectivity index (χ1v) is 7.54. The Labute approximate surface area is 131 Å². The van der Waals surface area contributed by atoms with Gasteiger partial charge in [0.15, 0.2) is 0 Å². The second-order valence-electron chi connectivity index (χ2n) is 6.97. The summed E-state index contributed by atoms with van der Waals surface area (Å²) in [5, 5.41) is 9.61. The summed E-state index contributed by atoms with van der Waals surface area (Å²) in [5.41, 5.74) is 0.225. The molecular weight excluding hydrogens is 282 g/mol. The van der Waals surface area contributed by atoms with Gasteiger partial charge in [-0.15, -0.1) is 0 Å². The summed E-state index contributed by atoms with van der Waals surface area (Å²) in [5.74, 6) is 0. The first-order chi connectivity index (χ1) is 10.3. The van der Waals surface area contributed by atoms with E-state index >= 15 is 0 Å². The Morgan fingerprint density at radius 1 is 1.27 bits per heavy atom. The third-order valence-electron chi connectivity index (χ3n) is 3.56. The Balaban J connectivity index is 1.77. The van der Waals surface area contributed by atoms with Gasteiger partial charge in [0.2, 0.25) is 0 Å². The number of carbonyl (C=O) groups excluding carboxylic acids is 1. The molecule has 1 aliphatic rings. The molecule has 5 nitrogen and oxygen atoms in total. The molecule has 0 saturated carbocycles. The molecule has 1 fully saturated rings. The van der Waals surface area contributed by atoms with Gasteiger partial charge in [-0.05, 0) is 26.3 Å². The molecule has 0 aliphatic carbocycles. The van der Waals surface area contributed by atoms with Crippen LogP contribution in [0.4, 0.5) is 4.79 Å². The molecule has 1 N–H and O–H groups in total. The molecule has 0 unspecified atom stereocenters. The Bertz CT molecular complexity index is 489. The van der Waals surface area contributed by atoms with Crippen LogP contribution in [0.1, 0.15) is 26.3 Å². The third-order valence-corrected chi connectivity index (χ3v) is 3.56. The Hall–Kier alpha value is -1.59. The molecule has 5 heteroatoms. The van der Waals surface area contributed by atoms with Gasteiger partial charge in [-0.2, -0.15) is 0 Å². The second-order valence-corrected chi connectivity index (χ2v) is 6.97. The highest BCUT2D eigenvalue weighted by Gasteiger charge is 2.46. The number of ether oxygens (including phenoxy) is 2. The zero-order valence-electron chi connectivity index (χ0n) is 13.5. The van der Waals surface area contributed by atoms with Crippen molar-refractivity contribution < 1.29 is 19.4 Å². The lowest BCUT2D eigenvalue weighted by molar-refractivity contribution is -0.0975. The highest BCUT2D eigenvalue weighted by Crippen LogP contribution is 2.31. The van der Waals surface area contributed by atoms with Crippen LogP contribution < -0.4 is 0 Å². The van der Waals surface area contributed by atoms with E-state index in [0.29, 0.717) is 26.3 Å². The van der Waals surface area contributed by atoms with Crippen molar-refractivity contribution in [2.75, 3.05) is 26.3 Å². The van der Waals surface area contributed by atoms with Crippen LogP contribution in [-0.2, 0) is 16.1 Å². The molecule has 2 rings (SSSR count). The smallest absolute Gasteiger partial charge is 0.410 e. The highest BCUT2D eigenvalue weighted by atomic mass is 16.6. The van der Waals surface area contributed by atoms with Gasteiger partial charge in [0.05, 0.1) is 25.2 Å². The SMILES string of the molecule is CC(C)(C)OC(=O)N1CC(CO)(COCc2ccccc2)C1. The predicted octanol–water partition coefficient (Wildman–Crippen LogP) is 2.43. The van der Waals surface area contributed by atoms with E-state index in [9.17, 15) is 9.90 Å². The van der Waals surface area contributed by atoms with E-state index in [2.05, 4.69) is 0 Å². The van der Waals surface area contributed by atoms with Crippen molar-refractivity contribution in [3.05, 3.63) is 35.9 Å². The van der Waals surface area contributed by atoms with Crippen LogP contribution in [0.15, 0.2) is 30.3 Å². The van der Waals surface area contributed by atoms with Crippen LogP contribution in [0.2, 0.25) is 0 Å². The molecule has 1 amide bonds.